The number of nitrogens with two attached hydrogens (primary N) is 1. The molecule has 0 heterocycles. The van der Waals surface area contributed by atoms with Crippen LogP contribution in [0.15, 0.2) is 33.6 Å². The highest BCUT2D eigenvalue weighted by Crippen LogP contribution is 2.17. The fourth-order valence-electron chi connectivity index (χ4n) is 1.75. The molecule has 1 atom stereocenters. The predicted molar refractivity (Wildman–Crippen MR) is 94.0 cm³/mol. The van der Waals surface area contributed by atoms with E-state index in [-0.39, 0.29) is 41.4 Å². The van der Waals surface area contributed by atoms with Gasteiger partial charge in [-0.2, -0.15) is 0 Å². The van der Waals surface area contributed by atoms with Crippen LogP contribution >= 0.6 is 28.3 Å². The minimum absolute atomic E-state index is 0. The molecule has 126 valence electrons. The van der Waals surface area contributed by atoms with Gasteiger partial charge in [-0.1, -0.05) is 15.9 Å². The lowest BCUT2D eigenvalue weighted by molar-refractivity contribution is -0.131. The lowest BCUT2D eigenvalue weighted by Crippen LogP contribution is -2.39. The highest BCUT2D eigenvalue weighted by atomic mass is 79.9. The van der Waals surface area contributed by atoms with Crippen molar-refractivity contribution in [1.29, 1.82) is 0 Å². The Morgan fingerprint density at radius 1 is 1.32 bits per heavy atom. The van der Waals surface area contributed by atoms with Crippen molar-refractivity contribution in [3.8, 4) is 0 Å². The summed E-state index contributed by atoms with van der Waals surface area (Å²) >= 11 is 3.26. The quantitative estimate of drug-likeness (QED) is 0.743. The summed E-state index contributed by atoms with van der Waals surface area (Å²) in [6.45, 7) is 2.25. The number of carbonyl (C=O) groups excluding carboxylic acids is 1. The normalized spacial score (nSPS) is 12.4. The Balaban J connectivity index is 0.00000441. The second kappa shape index (κ2) is 9.50. The standard InChI is InChI=1S/C14H21BrN2O3S.ClH/c1-11(10-16)17(2)14(18)4-3-9-21(19,20)13-7-5-12(15)6-8-13;/h5-8,11H,3-4,9-10,16H2,1-2H3;1H. The lowest BCUT2D eigenvalue weighted by atomic mass is 10.2. The molecule has 0 saturated heterocycles. The fraction of sp³-hybridized carbons (Fsp3) is 0.500. The number of hydrogen-bond donors (Lipinski definition) is 1. The molecule has 0 aliphatic heterocycles. The van der Waals surface area contributed by atoms with Gasteiger partial charge < -0.3 is 10.6 Å². The van der Waals surface area contributed by atoms with Crippen LogP contribution in [-0.4, -0.2) is 44.6 Å². The van der Waals surface area contributed by atoms with E-state index in [4.69, 9.17) is 5.73 Å². The zero-order valence-electron chi connectivity index (χ0n) is 12.7. The van der Waals surface area contributed by atoms with Crippen molar-refractivity contribution in [2.24, 2.45) is 5.73 Å². The van der Waals surface area contributed by atoms with Crippen LogP contribution in [0.25, 0.3) is 0 Å². The number of nitrogens with zero attached hydrogens (tertiary/aromatic N) is 1. The summed E-state index contributed by atoms with van der Waals surface area (Å²) in [5, 5.41) is 0. The molecule has 1 unspecified atom stereocenters. The molecular formula is C14H22BrClN2O3S. The van der Waals surface area contributed by atoms with Crippen LogP contribution in [0.5, 0.6) is 0 Å². The van der Waals surface area contributed by atoms with Gasteiger partial charge in [0.15, 0.2) is 9.84 Å². The van der Waals surface area contributed by atoms with Gasteiger partial charge >= 0.3 is 0 Å². The summed E-state index contributed by atoms with van der Waals surface area (Å²) in [5.41, 5.74) is 5.50. The smallest absolute Gasteiger partial charge is 0.222 e. The molecule has 1 aromatic rings. The van der Waals surface area contributed by atoms with Crippen LogP contribution in [-0.2, 0) is 14.6 Å². The first-order valence-corrected chi connectivity index (χ1v) is 9.16. The van der Waals surface area contributed by atoms with Gasteiger partial charge in [0.25, 0.3) is 0 Å². The van der Waals surface area contributed by atoms with E-state index in [0.717, 1.165) is 4.47 Å². The first-order chi connectivity index (χ1) is 9.77. The molecule has 22 heavy (non-hydrogen) atoms. The summed E-state index contributed by atoms with van der Waals surface area (Å²) in [5.74, 6) is -0.121. The third kappa shape index (κ3) is 6.24. The maximum absolute atomic E-state index is 12.1. The molecule has 0 radical (unpaired) electrons. The number of sulfone groups is 1. The zero-order chi connectivity index (χ0) is 16.0. The summed E-state index contributed by atoms with van der Waals surface area (Å²) in [6.07, 6.45) is 0.509. The van der Waals surface area contributed by atoms with Crippen molar-refractivity contribution >= 4 is 44.1 Å². The van der Waals surface area contributed by atoms with Gasteiger partial charge in [0.1, 0.15) is 0 Å². The van der Waals surface area contributed by atoms with Crippen LogP contribution in [0.4, 0.5) is 0 Å². The first kappa shape index (κ1) is 21.4. The van der Waals surface area contributed by atoms with Crippen LogP contribution in [0, 0.1) is 0 Å². The third-order valence-corrected chi connectivity index (χ3v) is 5.72. The molecule has 2 N–H and O–H groups in total. The van der Waals surface area contributed by atoms with Gasteiger partial charge in [-0.05, 0) is 37.6 Å². The van der Waals surface area contributed by atoms with E-state index < -0.39 is 9.84 Å². The zero-order valence-corrected chi connectivity index (χ0v) is 15.9. The summed E-state index contributed by atoms with van der Waals surface area (Å²) in [7, 11) is -1.66. The summed E-state index contributed by atoms with van der Waals surface area (Å²) < 4.78 is 25.1. The number of halogens is 2. The topological polar surface area (TPSA) is 80.5 Å². The number of rotatable bonds is 7. The molecule has 0 aliphatic carbocycles. The van der Waals surface area contributed by atoms with E-state index >= 15 is 0 Å². The molecule has 1 aromatic carbocycles. The van der Waals surface area contributed by atoms with Crippen LogP contribution in [0.1, 0.15) is 19.8 Å². The second-order valence-electron chi connectivity index (χ2n) is 4.97. The average Bonchev–Trinajstić information content (AvgIpc) is 2.45. The Hall–Kier alpha value is -0.630. The molecule has 1 amide bonds. The Labute approximate surface area is 146 Å². The van der Waals surface area contributed by atoms with Gasteiger partial charge in [-0.3, -0.25) is 4.79 Å². The summed E-state index contributed by atoms with van der Waals surface area (Å²) in [6, 6.07) is 6.46. The molecule has 5 nitrogen and oxygen atoms in total. The molecule has 0 aromatic heterocycles. The van der Waals surface area contributed by atoms with Crippen molar-refractivity contribution in [3.05, 3.63) is 28.7 Å². The predicted octanol–water partition coefficient (Wildman–Crippen LogP) is 2.23. The minimum Gasteiger partial charge on any atom is -0.342 e. The molecule has 0 fully saturated rings. The van der Waals surface area contributed by atoms with Gasteiger partial charge in [0.2, 0.25) is 5.91 Å². The van der Waals surface area contributed by atoms with E-state index in [1.807, 2.05) is 6.92 Å². The fourth-order valence-corrected chi connectivity index (χ4v) is 3.33. The van der Waals surface area contributed by atoms with E-state index in [9.17, 15) is 13.2 Å². The van der Waals surface area contributed by atoms with Crippen molar-refractivity contribution < 1.29 is 13.2 Å². The van der Waals surface area contributed by atoms with Crippen LogP contribution in [0.2, 0.25) is 0 Å². The highest BCUT2D eigenvalue weighted by molar-refractivity contribution is 9.10. The van der Waals surface area contributed by atoms with Crippen molar-refractivity contribution in [3.63, 3.8) is 0 Å². The Kier molecular flexibility index (Phi) is 9.22. The lowest BCUT2D eigenvalue weighted by Gasteiger charge is -2.23. The molecule has 0 bridgehead atoms. The SMILES string of the molecule is CC(CN)N(C)C(=O)CCCS(=O)(=O)c1ccc(Br)cc1.Cl. The van der Waals surface area contributed by atoms with Crippen LogP contribution in [0.3, 0.4) is 0 Å². The Bertz CT molecular complexity index is 578. The number of likely N-dealkylation sites (N-methyl/N-ethyl adjacent to an activating group) is 1. The second-order valence-corrected chi connectivity index (χ2v) is 7.99. The summed E-state index contributed by atoms with van der Waals surface area (Å²) in [4.78, 5) is 13.7. The van der Waals surface area contributed by atoms with Crippen molar-refractivity contribution in [1.82, 2.24) is 4.90 Å². The first-order valence-electron chi connectivity index (χ1n) is 6.72. The average molecular weight is 414 g/mol. The maximum atomic E-state index is 12.1. The van der Waals surface area contributed by atoms with Gasteiger partial charge in [0, 0.05) is 30.5 Å². The molecule has 0 saturated carbocycles. The molecule has 0 aliphatic rings. The minimum atomic E-state index is -3.34. The third-order valence-electron chi connectivity index (χ3n) is 3.37. The maximum Gasteiger partial charge on any atom is 0.222 e. The Morgan fingerprint density at radius 3 is 2.36 bits per heavy atom. The molecule has 1 rings (SSSR count). The highest BCUT2D eigenvalue weighted by Gasteiger charge is 2.17. The molecule has 8 heteroatoms. The van der Waals surface area contributed by atoms with Gasteiger partial charge in [0.05, 0.1) is 10.6 Å². The number of carbonyl (C=O) groups is 1. The molecule has 0 spiro atoms. The number of amides is 1. The largest absolute Gasteiger partial charge is 0.342 e. The monoisotopic (exact) mass is 412 g/mol. The molecular weight excluding hydrogens is 392 g/mol. The van der Waals surface area contributed by atoms with Gasteiger partial charge in [-0.15, -0.1) is 12.4 Å². The Morgan fingerprint density at radius 2 is 1.86 bits per heavy atom. The van der Waals surface area contributed by atoms with Crippen LogP contribution < -0.4 is 5.73 Å². The van der Waals surface area contributed by atoms with E-state index in [1.165, 1.54) is 0 Å². The van der Waals surface area contributed by atoms with E-state index in [1.54, 1.807) is 36.2 Å². The van der Waals surface area contributed by atoms with Crippen molar-refractivity contribution in [2.45, 2.75) is 30.7 Å². The van der Waals surface area contributed by atoms with Crippen molar-refractivity contribution in [2.75, 3.05) is 19.3 Å². The van der Waals surface area contributed by atoms with E-state index in [2.05, 4.69) is 15.9 Å². The number of benzene rings is 1. The number of hydrogen-bond acceptors (Lipinski definition) is 4. The van der Waals surface area contributed by atoms with E-state index in [0.29, 0.717) is 13.0 Å². The van der Waals surface area contributed by atoms with Gasteiger partial charge in [-0.25, -0.2) is 8.42 Å².